The number of amides is 1. The molecule has 4 heteroatoms. The lowest BCUT2D eigenvalue weighted by Gasteiger charge is -1.99. The first-order valence-corrected chi connectivity index (χ1v) is 4.81. The van der Waals surface area contributed by atoms with Crippen molar-refractivity contribution in [1.82, 2.24) is 4.98 Å². The SMILES string of the molecule is NC(=O)c1ccc2cc(Br)cnc2c1. The van der Waals surface area contributed by atoms with E-state index in [1.807, 2.05) is 12.1 Å². The molecule has 2 aromatic rings. The van der Waals surface area contributed by atoms with Crippen LogP contribution in [0.4, 0.5) is 0 Å². The zero-order chi connectivity index (χ0) is 10.1. The number of halogens is 1. The van der Waals surface area contributed by atoms with Gasteiger partial charge in [0, 0.05) is 21.6 Å². The van der Waals surface area contributed by atoms with Gasteiger partial charge in [-0.3, -0.25) is 9.78 Å². The molecule has 0 aliphatic heterocycles. The van der Waals surface area contributed by atoms with Crippen LogP contribution >= 0.6 is 15.9 Å². The second kappa shape index (κ2) is 3.38. The van der Waals surface area contributed by atoms with E-state index in [0.29, 0.717) is 5.56 Å². The Balaban J connectivity index is 2.67. The number of pyridine rings is 1. The maximum atomic E-state index is 10.9. The third kappa shape index (κ3) is 1.61. The van der Waals surface area contributed by atoms with Crippen LogP contribution in [0.15, 0.2) is 34.9 Å². The molecule has 2 rings (SSSR count). The summed E-state index contributed by atoms with van der Waals surface area (Å²) in [5, 5.41) is 0.976. The summed E-state index contributed by atoms with van der Waals surface area (Å²) in [4.78, 5) is 15.1. The number of hydrogen-bond acceptors (Lipinski definition) is 2. The van der Waals surface area contributed by atoms with Crippen molar-refractivity contribution in [2.75, 3.05) is 0 Å². The van der Waals surface area contributed by atoms with Gasteiger partial charge >= 0.3 is 0 Å². The quantitative estimate of drug-likeness (QED) is 0.843. The average molecular weight is 251 g/mol. The molecule has 0 radical (unpaired) electrons. The largest absolute Gasteiger partial charge is 0.366 e. The fourth-order valence-corrected chi connectivity index (χ4v) is 1.60. The number of benzene rings is 1. The smallest absolute Gasteiger partial charge is 0.248 e. The summed E-state index contributed by atoms with van der Waals surface area (Å²) in [6.45, 7) is 0. The van der Waals surface area contributed by atoms with Crippen molar-refractivity contribution in [2.45, 2.75) is 0 Å². The minimum Gasteiger partial charge on any atom is -0.366 e. The average Bonchev–Trinajstić information content (AvgIpc) is 2.16. The molecule has 2 N–H and O–H groups in total. The minimum atomic E-state index is -0.434. The summed E-state index contributed by atoms with van der Waals surface area (Å²) in [6, 6.07) is 7.14. The van der Waals surface area contributed by atoms with Gasteiger partial charge in [-0.15, -0.1) is 0 Å². The first-order valence-electron chi connectivity index (χ1n) is 4.02. The summed E-state index contributed by atoms with van der Waals surface area (Å²) in [6.07, 6.45) is 1.69. The highest BCUT2D eigenvalue weighted by Gasteiger charge is 2.02. The lowest BCUT2D eigenvalue weighted by molar-refractivity contribution is 0.100. The Hall–Kier alpha value is -1.42. The van der Waals surface area contributed by atoms with Crippen LogP contribution in [0.5, 0.6) is 0 Å². The molecular formula is C10H7BrN2O. The van der Waals surface area contributed by atoms with E-state index in [4.69, 9.17) is 5.73 Å². The molecule has 0 atom stereocenters. The van der Waals surface area contributed by atoms with E-state index >= 15 is 0 Å². The van der Waals surface area contributed by atoms with E-state index in [0.717, 1.165) is 15.4 Å². The fraction of sp³-hybridized carbons (Fsp3) is 0. The Labute approximate surface area is 89.1 Å². The third-order valence-electron chi connectivity index (χ3n) is 1.94. The lowest BCUT2D eigenvalue weighted by Crippen LogP contribution is -2.10. The summed E-state index contributed by atoms with van der Waals surface area (Å²) < 4.78 is 0.914. The van der Waals surface area contributed by atoms with Crippen LogP contribution in [-0.2, 0) is 0 Å². The molecule has 0 aliphatic carbocycles. The third-order valence-corrected chi connectivity index (χ3v) is 2.37. The van der Waals surface area contributed by atoms with Gasteiger partial charge in [-0.2, -0.15) is 0 Å². The second-order valence-corrected chi connectivity index (χ2v) is 3.84. The number of nitrogens with two attached hydrogens (primary N) is 1. The van der Waals surface area contributed by atoms with Crippen LogP contribution in [0.25, 0.3) is 10.9 Å². The van der Waals surface area contributed by atoms with Crippen LogP contribution in [0, 0.1) is 0 Å². The molecule has 14 heavy (non-hydrogen) atoms. The van der Waals surface area contributed by atoms with Crippen LogP contribution in [-0.4, -0.2) is 10.9 Å². The topological polar surface area (TPSA) is 56.0 Å². The number of carbonyl (C=O) groups is 1. The minimum absolute atomic E-state index is 0.434. The highest BCUT2D eigenvalue weighted by atomic mass is 79.9. The Morgan fingerprint density at radius 3 is 2.86 bits per heavy atom. The van der Waals surface area contributed by atoms with Gasteiger partial charge in [0.25, 0.3) is 0 Å². The number of fused-ring (bicyclic) bond motifs is 1. The normalized spacial score (nSPS) is 10.4. The van der Waals surface area contributed by atoms with Crippen LogP contribution in [0.1, 0.15) is 10.4 Å². The molecule has 0 bridgehead atoms. The van der Waals surface area contributed by atoms with Gasteiger partial charge in [0.1, 0.15) is 0 Å². The van der Waals surface area contributed by atoms with Crippen molar-refractivity contribution in [1.29, 1.82) is 0 Å². The summed E-state index contributed by atoms with van der Waals surface area (Å²) >= 11 is 3.33. The maximum absolute atomic E-state index is 10.9. The number of nitrogens with zero attached hydrogens (tertiary/aromatic N) is 1. The maximum Gasteiger partial charge on any atom is 0.248 e. The highest BCUT2D eigenvalue weighted by molar-refractivity contribution is 9.10. The number of carbonyl (C=O) groups excluding carboxylic acids is 1. The fourth-order valence-electron chi connectivity index (χ4n) is 1.25. The molecule has 1 heterocycles. The highest BCUT2D eigenvalue weighted by Crippen LogP contribution is 2.18. The monoisotopic (exact) mass is 250 g/mol. The van der Waals surface area contributed by atoms with Crippen molar-refractivity contribution in [3.8, 4) is 0 Å². The Bertz CT molecular complexity index is 510. The van der Waals surface area contributed by atoms with E-state index in [9.17, 15) is 4.79 Å². The van der Waals surface area contributed by atoms with Crippen molar-refractivity contribution in [3.05, 3.63) is 40.5 Å². The van der Waals surface area contributed by atoms with Gasteiger partial charge in [0.15, 0.2) is 0 Å². The van der Waals surface area contributed by atoms with E-state index in [1.54, 1.807) is 18.3 Å². The van der Waals surface area contributed by atoms with Crippen molar-refractivity contribution in [2.24, 2.45) is 5.73 Å². The Kier molecular flexibility index (Phi) is 2.21. The Morgan fingerprint density at radius 2 is 2.14 bits per heavy atom. The summed E-state index contributed by atoms with van der Waals surface area (Å²) in [7, 11) is 0. The molecule has 0 saturated carbocycles. The molecular weight excluding hydrogens is 244 g/mol. The van der Waals surface area contributed by atoms with Gasteiger partial charge in [0.2, 0.25) is 5.91 Å². The van der Waals surface area contributed by atoms with Gasteiger partial charge in [0.05, 0.1) is 5.52 Å². The number of primary amides is 1. The van der Waals surface area contributed by atoms with Crippen molar-refractivity contribution in [3.63, 3.8) is 0 Å². The molecule has 0 fully saturated rings. The summed E-state index contributed by atoms with van der Waals surface area (Å²) in [5.41, 5.74) is 6.41. The zero-order valence-corrected chi connectivity index (χ0v) is 8.78. The Morgan fingerprint density at radius 1 is 1.36 bits per heavy atom. The van der Waals surface area contributed by atoms with Crippen molar-refractivity contribution < 1.29 is 4.79 Å². The number of aromatic nitrogens is 1. The standard InChI is InChI=1S/C10H7BrN2O/c11-8-3-6-1-2-7(10(12)14)4-9(6)13-5-8/h1-5H,(H2,12,14). The van der Waals surface area contributed by atoms with Gasteiger partial charge < -0.3 is 5.73 Å². The molecule has 1 aromatic heterocycles. The molecule has 1 aromatic carbocycles. The predicted octanol–water partition coefficient (Wildman–Crippen LogP) is 2.10. The molecule has 0 aliphatic rings. The van der Waals surface area contributed by atoms with Gasteiger partial charge in [-0.05, 0) is 34.1 Å². The molecule has 0 unspecified atom stereocenters. The van der Waals surface area contributed by atoms with E-state index in [-0.39, 0.29) is 0 Å². The second-order valence-electron chi connectivity index (χ2n) is 2.93. The first-order chi connectivity index (χ1) is 6.66. The molecule has 3 nitrogen and oxygen atoms in total. The van der Waals surface area contributed by atoms with Gasteiger partial charge in [-0.25, -0.2) is 0 Å². The molecule has 70 valence electrons. The first kappa shape index (κ1) is 9.15. The number of hydrogen-bond donors (Lipinski definition) is 1. The van der Waals surface area contributed by atoms with Crippen LogP contribution < -0.4 is 5.73 Å². The summed E-state index contributed by atoms with van der Waals surface area (Å²) in [5.74, 6) is -0.434. The van der Waals surface area contributed by atoms with E-state index in [2.05, 4.69) is 20.9 Å². The predicted molar refractivity (Wildman–Crippen MR) is 58.0 cm³/mol. The van der Waals surface area contributed by atoms with E-state index < -0.39 is 5.91 Å². The van der Waals surface area contributed by atoms with Crippen LogP contribution in [0.2, 0.25) is 0 Å². The van der Waals surface area contributed by atoms with Gasteiger partial charge in [-0.1, -0.05) is 6.07 Å². The molecule has 0 saturated heterocycles. The van der Waals surface area contributed by atoms with Crippen molar-refractivity contribution >= 4 is 32.7 Å². The lowest BCUT2D eigenvalue weighted by atomic mass is 10.1. The molecule has 1 amide bonds. The zero-order valence-electron chi connectivity index (χ0n) is 7.20. The van der Waals surface area contributed by atoms with Crippen LogP contribution in [0.3, 0.4) is 0 Å². The number of rotatable bonds is 1. The van der Waals surface area contributed by atoms with E-state index in [1.165, 1.54) is 0 Å². The molecule has 0 spiro atoms.